The number of hydrogen-bond donors (Lipinski definition) is 1. The van der Waals surface area contributed by atoms with Crippen LogP contribution in [0.25, 0.3) is 0 Å². The van der Waals surface area contributed by atoms with Gasteiger partial charge >= 0.3 is 5.97 Å². The molecule has 2 rings (SSSR count). The number of esters is 1. The highest BCUT2D eigenvalue weighted by Gasteiger charge is 2.27. The van der Waals surface area contributed by atoms with Gasteiger partial charge in [0.05, 0.1) is 13.2 Å². The number of aliphatic hydroxyl groups excluding tert-OH is 1. The molecule has 1 aromatic rings. The maximum Gasteiger partial charge on any atom is 0.358 e. The fourth-order valence-electron chi connectivity index (χ4n) is 2.10. The molecule has 1 fully saturated rings. The monoisotopic (exact) mass is 251 g/mol. The van der Waals surface area contributed by atoms with Crippen molar-refractivity contribution >= 4 is 11.8 Å². The number of carbonyl (C=O) groups is 1. The van der Waals surface area contributed by atoms with Gasteiger partial charge in [0.15, 0.2) is 11.5 Å². The summed E-state index contributed by atoms with van der Waals surface area (Å²) in [5, 5.41) is 17.4. The number of methoxy groups -OCH3 is 1. The first-order valence-electron chi connectivity index (χ1n) is 5.97. The Morgan fingerprint density at radius 3 is 2.83 bits per heavy atom. The van der Waals surface area contributed by atoms with E-state index in [2.05, 4.69) is 19.8 Å². The lowest BCUT2D eigenvalue weighted by Crippen LogP contribution is -2.25. The average molecular weight is 251 g/mol. The zero-order valence-electron chi connectivity index (χ0n) is 10.5. The van der Waals surface area contributed by atoms with Crippen molar-refractivity contribution in [2.45, 2.75) is 19.4 Å². The lowest BCUT2D eigenvalue weighted by atomic mass is 10.0. The average Bonchev–Trinajstić information content (AvgIpc) is 2.88. The summed E-state index contributed by atoms with van der Waals surface area (Å²) in [7, 11) is 1.31. The summed E-state index contributed by atoms with van der Waals surface area (Å²) in [6.07, 6.45) is 0.635. The second-order valence-corrected chi connectivity index (χ2v) is 4.50. The van der Waals surface area contributed by atoms with Crippen LogP contribution in [0.1, 0.15) is 23.8 Å². The van der Waals surface area contributed by atoms with Gasteiger partial charge in [0.1, 0.15) is 0 Å². The minimum atomic E-state index is -0.489. The zero-order valence-corrected chi connectivity index (χ0v) is 10.5. The Hall–Kier alpha value is -1.69. The first-order valence-corrected chi connectivity index (χ1v) is 5.97. The molecule has 1 aliphatic rings. The third kappa shape index (κ3) is 2.59. The predicted octanol–water partition coefficient (Wildman–Crippen LogP) is 0.470. The van der Waals surface area contributed by atoms with E-state index in [9.17, 15) is 9.90 Å². The summed E-state index contributed by atoms with van der Waals surface area (Å²) in [6, 6.07) is 3.35. The van der Waals surface area contributed by atoms with Gasteiger partial charge in [0, 0.05) is 19.0 Å². The van der Waals surface area contributed by atoms with Crippen molar-refractivity contribution < 1.29 is 14.6 Å². The van der Waals surface area contributed by atoms with Gasteiger partial charge in [0.25, 0.3) is 0 Å². The molecule has 1 saturated heterocycles. The number of anilines is 1. The highest BCUT2D eigenvalue weighted by atomic mass is 16.5. The molecule has 0 spiro atoms. The molecule has 18 heavy (non-hydrogen) atoms. The van der Waals surface area contributed by atoms with E-state index in [1.54, 1.807) is 19.1 Å². The van der Waals surface area contributed by atoms with Crippen molar-refractivity contribution in [1.82, 2.24) is 10.2 Å². The molecule has 1 aliphatic heterocycles. The van der Waals surface area contributed by atoms with Crippen LogP contribution in [0, 0.1) is 5.92 Å². The van der Waals surface area contributed by atoms with Gasteiger partial charge in [-0.1, -0.05) is 0 Å². The number of hydrogen-bond acceptors (Lipinski definition) is 6. The fourth-order valence-corrected chi connectivity index (χ4v) is 2.10. The summed E-state index contributed by atoms with van der Waals surface area (Å²) in [5.74, 6) is 0.509. The summed E-state index contributed by atoms with van der Waals surface area (Å²) in [4.78, 5) is 13.3. The third-order valence-corrected chi connectivity index (χ3v) is 3.28. The normalized spacial score (nSPS) is 20.8. The van der Waals surface area contributed by atoms with E-state index in [0.717, 1.165) is 25.3 Å². The Morgan fingerprint density at radius 1 is 1.56 bits per heavy atom. The molecule has 2 atom stereocenters. The van der Waals surface area contributed by atoms with Crippen molar-refractivity contribution in [3.8, 4) is 0 Å². The summed E-state index contributed by atoms with van der Waals surface area (Å²) < 4.78 is 4.56. The molecule has 0 saturated carbocycles. The summed E-state index contributed by atoms with van der Waals surface area (Å²) in [6.45, 7) is 3.42. The van der Waals surface area contributed by atoms with Gasteiger partial charge in [-0.3, -0.25) is 0 Å². The van der Waals surface area contributed by atoms with Gasteiger partial charge in [-0.05, 0) is 25.5 Å². The molecular formula is C12H17N3O3. The second kappa shape index (κ2) is 5.30. The Kier molecular flexibility index (Phi) is 3.76. The van der Waals surface area contributed by atoms with Crippen molar-refractivity contribution in [1.29, 1.82) is 0 Å². The molecule has 6 heteroatoms. The Morgan fingerprint density at radius 2 is 2.33 bits per heavy atom. The van der Waals surface area contributed by atoms with E-state index in [1.807, 2.05) is 0 Å². The molecule has 2 heterocycles. The topological polar surface area (TPSA) is 75.5 Å². The minimum absolute atomic E-state index is 0.201. The van der Waals surface area contributed by atoms with Gasteiger partial charge < -0.3 is 14.7 Å². The van der Waals surface area contributed by atoms with E-state index in [0.29, 0.717) is 0 Å². The molecular weight excluding hydrogens is 234 g/mol. The standard InChI is InChI=1S/C12H17N3O3/c1-8(16)9-5-6-15(7-9)11-4-3-10(13-14-11)12(17)18-2/h3-4,8-9,16H,5-7H2,1-2H3. The van der Waals surface area contributed by atoms with Gasteiger partial charge in [-0.15, -0.1) is 10.2 Å². The lowest BCUT2D eigenvalue weighted by molar-refractivity contribution is 0.0592. The van der Waals surface area contributed by atoms with E-state index in [1.165, 1.54) is 7.11 Å². The molecule has 0 radical (unpaired) electrons. The fraction of sp³-hybridized carbons (Fsp3) is 0.583. The van der Waals surface area contributed by atoms with Crippen LogP contribution in [0.5, 0.6) is 0 Å². The van der Waals surface area contributed by atoms with E-state index in [-0.39, 0.29) is 17.7 Å². The van der Waals surface area contributed by atoms with Crippen molar-refractivity contribution in [3.05, 3.63) is 17.8 Å². The first-order chi connectivity index (χ1) is 8.61. The van der Waals surface area contributed by atoms with Crippen LogP contribution < -0.4 is 4.90 Å². The molecule has 2 unspecified atom stereocenters. The number of aliphatic hydroxyl groups is 1. The van der Waals surface area contributed by atoms with Crippen LogP contribution in [0.2, 0.25) is 0 Å². The molecule has 0 aromatic carbocycles. The van der Waals surface area contributed by atoms with Crippen LogP contribution in [0.3, 0.4) is 0 Å². The molecule has 1 aromatic heterocycles. The van der Waals surface area contributed by atoms with Crippen molar-refractivity contribution in [2.75, 3.05) is 25.1 Å². The number of rotatable bonds is 3. The first kappa shape index (κ1) is 12.8. The SMILES string of the molecule is COC(=O)c1ccc(N2CCC(C(C)O)C2)nn1. The van der Waals surface area contributed by atoms with E-state index in [4.69, 9.17) is 0 Å². The molecule has 98 valence electrons. The van der Waals surface area contributed by atoms with Crippen LogP contribution in [0.4, 0.5) is 5.82 Å². The van der Waals surface area contributed by atoms with Gasteiger partial charge in [0.2, 0.25) is 0 Å². The van der Waals surface area contributed by atoms with Crippen LogP contribution in [-0.4, -0.2) is 47.6 Å². The largest absolute Gasteiger partial charge is 0.464 e. The molecule has 1 N–H and O–H groups in total. The Labute approximate surface area is 106 Å². The molecule has 0 aliphatic carbocycles. The Balaban J connectivity index is 2.05. The maximum absolute atomic E-state index is 11.2. The second-order valence-electron chi connectivity index (χ2n) is 4.50. The quantitative estimate of drug-likeness (QED) is 0.787. The van der Waals surface area contributed by atoms with Gasteiger partial charge in [-0.25, -0.2) is 4.79 Å². The number of nitrogens with zero attached hydrogens (tertiary/aromatic N) is 3. The van der Waals surface area contributed by atoms with Gasteiger partial charge in [-0.2, -0.15) is 0 Å². The number of ether oxygens (including phenoxy) is 1. The van der Waals surface area contributed by atoms with Crippen LogP contribution in [0.15, 0.2) is 12.1 Å². The zero-order chi connectivity index (χ0) is 13.1. The predicted molar refractivity (Wildman–Crippen MR) is 65.4 cm³/mol. The maximum atomic E-state index is 11.2. The minimum Gasteiger partial charge on any atom is -0.464 e. The Bertz CT molecular complexity index is 419. The smallest absolute Gasteiger partial charge is 0.358 e. The highest BCUT2D eigenvalue weighted by Crippen LogP contribution is 2.23. The lowest BCUT2D eigenvalue weighted by Gasteiger charge is -2.17. The van der Waals surface area contributed by atoms with E-state index < -0.39 is 5.97 Å². The summed E-state index contributed by atoms with van der Waals surface area (Å²) >= 11 is 0. The highest BCUT2D eigenvalue weighted by molar-refractivity contribution is 5.86. The van der Waals surface area contributed by atoms with Crippen LogP contribution in [-0.2, 0) is 4.74 Å². The summed E-state index contributed by atoms with van der Waals surface area (Å²) in [5.41, 5.74) is 0.201. The number of aromatic nitrogens is 2. The van der Waals surface area contributed by atoms with Crippen molar-refractivity contribution in [2.24, 2.45) is 5.92 Å². The molecule has 6 nitrogen and oxygen atoms in total. The van der Waals surface area contributed by atoms with Crippen molar-refractivity contribution in [3.63, 3.8) is 0 Å². The molecule has 0 bridgehead atoms. The molecule has 0 amide bonds. The third-order valence-electron chi connectivity index (χ3n) is 3.28. The van der Waals surface area contributed by atoms with E-state index >= 15 is 0 Å². The number of carbonyl (C=O) groups excluding carboxylic acids is 1. The van der Waals surface area contributed by atoms with Crippen LogP contribution >= 0.6 is 0 Å².